The summed E-state index contributed by atoms with van der Waals surface area (Å²) >= 11 is 0. The Kier molecular flexibility index (Phi) is 3.41. The van der Waals surface area contributed by atoms with E-state index in [1.165, 1.54) is 32.4 Å². The van der Waals surface area contributed by atoms with Crippen LogP contribution in [0.1, 0.15) is 40.0 Å². The second kappa shape index (κ2) is 4.77. The lowest BCUT2D eigenvalue weighted by molar-refractivity contribution is -0.130. The number of fused-ring (bicyclic) bond motifs is 1. The van der Waals surface area contributed by atoms with Gasteiger partial charge in [-0.25, -0.2) is 0 Å². The summed E-state index contributed by atoms with van der Waals surface area (Å²) in [6.07, 6.45) is 4.73. The van der Waals surface area contributed by atoms with Crippen LogP contribution in [0.15, 0.2) is 0 Å². The molecule has 1 saturated carbocycles. The minimum Gasteiger partial charge on any atom is -0.370 e. The molecule has 3 fully saturated rings. The molecule has 0 aromatic heterocycles. The lowest BCUT2D eigenvalue weighted by Crippen LogP contribution is -2.55. The Bertz CT molecular complexity index is 305. The third kappa shape index (κ3) is 2.59. The number of ether oxygens (including phenoxy) is 1. The summed E-state index contributed by atoms with van der Waals surface area (Å²) in [4.78, 5) is 2.62. The van der Waals surface area contributed by atoms with Crippen molar-refractivity contribution < 1.29 is 4.74 Å². The van der Waals surface area contributed by atoms with Gasteiger partial charge >= 0.3 is 0 Å². The zero-order valence-corrected chi connectivity index (χ0v) is 12.1. The fraction of sp³-hybridized carbons (Fsp3) is 1.00. The van der Waals surface area contributed by atoms with Crippen molar-refractivity contribution in [1.29, 1.82) is 0 Å². The Balaban J connectivity index is 1.59. The zero-order valence-electron chi connectivity index (χ0n) is 12.1. The van der Waals surface area contributed by atoms with E-state index in [2.05, 4.69) is 31.0 Å². The van der Waals surface area contributed by atoms with Crippen LogP contribution in [0, 0.1) is 11.8 Å². The van der Waals surface area contributed by atoms with Crippen molar-refractivity contribution in [2.45, 2.75) is 57.8 Å². The van der Waals surface area contributed by atoms with Crippen LogP contribution in [0.5, 0.6) is 0 Å². The van der Waals surface area contributed by atoms with E-state index in [-0.39, 0.29) is 5.60 Å². The van der Waals surface area contributed by atoms with Gasteiger partial charge in [0.05, 0.1) is 11.7 Å². The Hall–Kier alpha value is -0.120. The van der Waals surface area contributed by atoms with Gasteiger partial charge in [0.1, 0.15) is 0 Å². The zero-order chi connectivity index (χ0) is 12.8. The normalized spacial score (nSPS) is 44.2. The first-order chi connectivity index (χ1) is 8.53. The molecule has 0 amide bonds. The molecule has 18 heavy (non-hydrogen) atoms. The monoisotopic (exact) mass is 252 g/mol. The van der Waals surface area contributed by atoms with E-state index in [1.807, 2.05) is 0 Å². The maximum atomic E-state index is 5.99. The second-order valence-corrected chi connectivity index (χ2v) is 7.25. The number of rotatable bonds is 2. The van der Waals surface area contributed by atoms with Crippen LogP contribution in [0.4, 0.5) is 0 Å². The average molecular weight is 252 g/mol. The molecule has 2 aliphatic heterocycles. The molecule has 0 radical (unpaired) electrons. The van der Waals surface area contributed by atoms with Crippen molar-refractivity contribution in [2.24, 2.45) is 11.8 Å². The molecule has 0 aromatic rings. The number of nitrogens with zero attached hydrogens (tertiary/aromatic N) is 1. The number of nitrogens with one attached hydrogen (secondary N) is 1. The molecule has 104 valence electrons. The van der Waals surface area contributed by atoms with Crippen LogP contribution in [-0.4, -0.2) is 48.8 Å². The van der Waals surface area contributed by atoms with Crippen LogP contribution in [0.3, 0.4) is 0 Å². The molecule has 0 bridgehead atoms. The maximum Gasteiger partial charge on any atom is 0.0757 e. The average Bonchev–Trinajstić information content (AvgIpc) is 2.79. The second-order valence-electron chi connectivity index (χ2n) is 7.25. The highest BCUT2D eigenvalue weighted by molar-refractivity contribution is 4.96. The highest BCUT2D eigenvalue weighted by Crippen LogP contribution is 2.38. The van der Waals surface area contributed by atoms with Gasteiger partial charge in [-0.05, 0) is 52.0 Å². The van der Waals surface area contributed by atoms with Crippen molar-refractivity contribution >= 4 is 0 Å². The first kappa shape index (κ1) is 12.9. The molecule has 3 heteroatoms. The topological polar surface area (TPSA) is 24.5 Å². The van der Waals surface area contributed by atoms with Gasteiger partial charge in [0.15, 0.2) is 0 Å². The molecule has 4 atom stereocenters. The fourth-order valence-corrected chi connectivity index (χ4v) is 4.51. The van der Waals surface area contributed by atoms with Crippen LogP contribution in [0.25, 0.3) is 0 Å². The van der Waals surface area contributed by atoms with Crippen molar-refractivity contribution in [1.82, 2.24) is 10.2 Å². The Morgan fingerprint density at radius 1 is 1.33 bits per heavy atom. The molecule has 0 aromatic carbocycles. The lowest BCUT2D eigenvalue weighted by Gasteiger charge is -2.43. The summed E-state index contributed by atoms with van der Waals surface area (Å²) in [6, 6.07) is 0.735. The molecule has 0 spiro atoms. The van der Waals surface area contributed by atoms with E-state index in [4.69, 9.17) is 4.74 Å². The molecule has 1 N–H and O–H groups in total. The molecule has 1 aliphatic carbocycles. The summed E-state index contributed by atoms with van der Waals surface area (Å²) in [5.74, 6) is 1.92. The van der Waals surface area contributed by atoms with Gasteiger partial charge in [-0.3, -0.25) is 4.90 Å². The lowest BCUT2D eigenvalue weighted by atomic mass is 9.93. The molecule has 4 unspecified atom stereocenters. The van der Waals surface area contributed by atoms with E-state index < -0.39 is 0 Å². The SMILES string of the molecule is CC1CN(CC2NCC3CCCC32)CC(C)(C)O1. The largest absolute Gasteiger partial charge is 0.370 e. The van der Waals surface area contributed by atoms with Gasteiger partial charge in [0.25, 0.3) is 0 Å². The van der Waals surface area contributed by atoms with Gasteiger partial charge < -0.3 is 10.1 Å². The standard InChI is InChI=1S/C15H28N2O/c1-11-8-17(10-15(2,3)18-11)9-14-13-6-4-5-12(13)7-16-14/h11-14,16H,4-10H2,1-3H3. The molecular formula is C15H28N2O. The Labute approximate surface area is 111 Å². The van der Waals surface area contributed by atoms with E-state index in [0.29, 0.717) is 6.10 Å². The van der Waals surface area contributed by atoms with E-state index in [0.717, 1.165) is 31.0 Å². The predicted molar refractivity (Wildman–Crippen MR) is 73.7 cm³/mol. The van der Waals surface area contributed by atoms with Crippen LogP contribution >= 0.6 is 0 Å². The summed E-state index contributed by atoms with van der Waals surface area (Å²) < 4.78 is 5.99. The Morgan fingerprint density at radius 3 is 2.94 bits per heavy atom. The van der Waals surface area contributed by atoms with Crippen LogP contribution < -0.4 is 5.32 Å². The molecule has 3 aliphatic rings. The highest BCUT2D eigenvalue weighted by Gasteiger charge is 2.41. The van der Waals surface area contributed by atoms with Gasteiger partial charge in [-0.1, -0.05) is 6.42 Å². The van der Waals surface area contributed by atoms with Crippen LogP contribution in [-0.2, 0) is 4.74 Å². The highest BCUT2D eigenvalue weighted by atomic mass is 16.5. The molecule has 3 nitrogen and oxygen atoms in total. The van der Waals surface area contributed by atoms with Crippen molar-refractivity contribution in [3.8, 4) is 0 Å². The van der Waals surface area contributed by atoms with Crippen LogP contribution in [0.2, 0.25) is 0 Å². The number of morpholine rings is 1. The minimum atomic E-state index is 0.0192. The number of hydrogen-bond donors (Lipinski definition) is 1. The van der Waals surface area contributed by atoms with Gasteiger partial charge in [0.2, 0.25) is 0 Å². The maximum absolute atomic E-state index is 5.99. The fourth-order valence-electron chi connectivity index (χ4n) is 4.51. The van der Waals surface area contributed by atoms with Crippen molar-refractivity contribution in [3.05, 3.63) is 0 Å². The third-order valence-corrected chi connectivity index (χ3v) is 4.97. The molecule has 2 saturated heterocycles. The summed E-state index contributed by atoms with van der Waals surface area (Å²) in [7, 11) is 0. The smallest absolute Gasteiger partial charge is 0.0757 e. The first-order valence-electron chi connectivity index (χ1n) is 7.67. The quantitative estimate of drug-likeness (QED) is 0.812. The summed E-state index contributed by atoms with van der Waals surface area (Å²) in [6.45, 7) is 11.3. The summed E-state index contributed by atoms with van der Waals surface area (Å²) in [5, 5.41) is 3.77. The van der Waals surface area contributed by atoms with E-state index >= 15 is 0 Å². The van der Waals surface area contributed by atoms with E-state index in [9.17, 15) is 0 Å². The van der Waals surface area contributed by atoms with Gasteiger partial charge in [-0.2, -0.15) is 0 Å². The molecule has 2 heterocycles. The van der Waals surface area contributed by atoms with Gasteiger partial charge in [0, 0.05) is 25.7 Å². The van der Waals surface area contributed by atoms with Crippen molar-refractivity contribution in [3.63, 3.8) is 0 Å². The Morgan fingerprint density at radius 2 is 2.17 bits per heavy atom. The van der Waals surface area contributed by atoms with Crippen molar-refractivity contribution in [2.75, 3.05) is 26.2 Å². The van der Waals surface area contributed by atoms with Gasteiger partial charge in [-0.15, -0.1) is 0 Å². The third-order valence-electron chi connectivity index (χ3n) is 4.97. The predicted octanol–water partition coefficient (Wildman–Crippen LogP) is 1.87. The molecule has 3 rings (SSSR count). The number of hydrogen-bond acceptors (Lipinski definition) is 3. The van der Waals surface area contributed by atoms with E-state index in [1.54, 1.807) is 0 Å². The minimum absolute atomic E-state index is 0.0192. The summed E-state index contributed by atoms with van der Waals surface area (Å²) in [5.41, 5.74) is 0.0192. The first-order valence-corrected chi connectivity index (χ1v) is 7.67. The molecular weight excluding hydrogens is 224 g/mol.